The van der Waals surface area contributed by atoms with E-state index in [9.17, 15) is 0 Å². The van der Waals surface area contributed by atoms with Crippen molar-refractivity contribution in [3.05, 3.63) is 34.6 Å². The number of aromatic nitrogens is 4. The lowest BCUT2D eigenvalue weighted by Gasteiger charge is -2.40. The van der Waals surface area contributed by atoms with Crippen molar-refractivity contribution in [3.8, 4) is 0 Å². The van der Waals surface area contributed by atoms with E-state index in [4.69, 9.17) is 0 Å². The summed E-state index contributed by atoms with van der Waals surface area (Å²) in [5.74, 6) is 2.61. The van der Waals surface area contributed by atoms with Gasteiger partial charge >= 0.3 is 0 Å². The van der Waals surface area contributed by atoms with E-state index in [-0.39, 0.29) is 0 Å². The number of hydrogen-bond donors (Lipinski definition) is 1. The van der Waals surface area contributed by atoms with Gasteiger partial charge in [0.1, 0.15) is 5.82 Å². The smallest absolute Gasteiger partial charge is 0.151 e. The molecule has 2 aromatic heterocycles. The van der Waals surface area contributed by atoms with Crippen molar-refractivity contribution in [2.45, 2.75) is 51.4 Å². The molecular weight excluding hydrogens is 324 g/mol. The van der Waals surface area contributed by atoms with Crippen molar-refractivity contribution < 1.29 is 0 Å². The second kappa shape index (κ2) is 6.82. The molecule has 3 heterocycles. The van der Waals surface area contributed by atoms with Crippen molar-refractivity contribution in [3.63, 3.8) is 0 Å². The fraction of sp³-hybridized carbons (Fsp3) is 0.600. The highest BCUT2D eigenvalue weighted by molar-refractivity contribution is 5.45. The van der Waals surface area contributed by atoms with E-state index in [1.165, 1.54) is 48.2 Å². The van der Waals surface area contributed by atoms with Gasteiger partial charge in [0.25, 0.3) is 0 Å². The van der Waals surface area contributed by atoms with Gasteiger partial charge < -0.3 is 10.2 Å². The van der Waals surface area contributed by atoms with E-state index in [0.717, 1.165) is 57.0 Å². The summed E-state index contributed by atoms with van der Waals surface area (Å²) < 4.78 is 0. The number of nitrogens with zero attached hydrogens (tertiary/aromatic N) is 5. The van der Waals surface area contributed by atoms with Gasteiger partial charge in [-0.05, 0) is 74.6 Å². The number of rotatable bonds is 4. The van der Waals surface area contributed by atoms with E-state index in [2.05, 4.69) is 42.7 Å². The average molecular weight is 350 g/mol. The van der Waals surface area contributed by atoms with Gasteiger partial charge in [-0.1, -0.05) is 0 Å². The van der Waals surface area contributed by atoms with Crippen LogP contribution in [0.25, 0.3) is 0 Å². The molecule has 6 heteroatoms. The van der Waals surface area contributed by atoms with E-state index >= 15 is 0 Å². The van der Waals surface area contributed by atoms with Gasteiger partial charge in [-0.25, -0.2) is 0 Å². The van der Waals surface area contributed by atoms with Crippen LogP contribution in [0.1, 0.15) is 48.2 Å². The zero-order chi connectivity index (χ0) is 17.3. The molecule has 1 N–H and O–H groups in total. The summed E-state index contributed by atoms with van der Waals surface area (Å²) in [5, 5.41) is 21.1. The summed E-state index contributed by atoms with van der Waals surface area (Å²) in [4.78, 5) is 2.34. The number of aryl methyl sites for hydroxylation is 4. The fourth-order valence-electron chi connectivity index (χ4n) is 4.35. The number of fused-ring (bicyclic) bond motifs is 2. The predicted octanol–water partition coefficient (Wildman–Crippen LogP) is 2.57. The van der Waals surface area contributed by atoms with Gasteiger partial charge in [-0.2, -0.15) is 10.2 Å². The lowest BCUT2D eigenvalue weighted by molar-refractivity contribution is 0.424. The second-order valence-electron chi connectivity index (χ2n) is 7.94. The molecule has 0 amide bonds. The summed E-state index contributed by atoms with van der Waals surface area (Å²) in [5.41, 5.74) is 5.20. The lowest BCUT2D eigenvalue weighted by Crippen LogP contribution is -2.50. The molecule has 1 fully saturated rings. The van der Waals surface area contributed by atoms with Crippen molar-refractivity contribution in [1.29, 1.82) is 0 Å². The third kappa shape index (κ3) is 3.13. The summed E-state index contributed by atoms with van der Waals surface area (Å²) >= 11 is 0. The first-order valence-corrected chi connectivity index (χ1v) is 10.0. The van der Waals surface area contributed by atoms with Crippen molar-refractivity contribution in [2.75, 3.05) is 29.9 Å². The molecule has 0 bridgehead atoms. The highest BCUT2D eigenvalue weighted by Crippen LogP contribution is 2.27. The molecule has 0 spiro atoms. The van der Waals surface area contributed by atoms with Gasteiger partial charge in [0.05, 0.1) is 11.4 Å². The molecule has 0 aromatic carbocycles. The van der Waals surface area contributed by atoms with Crippen molar-refractivity contribution in [2.24, 2.45) is 5.92 Å². The highest BCUT2D eigenvalue weighted by Gasteiger charge is 2.28. The zero-order valence-electron chi connectivity index (χ0n) is 15.2. The third-order valence-corrected chi connectivity index (χ3v) is 5.98. The Hall–Kier alpha value is -2.24. The van der Waals surface area contributed by atoms with Crippen LogP contribution in [0.3, 0.4) is 0 Å². The summed E-state index contributed by atoms with van der Waals surface area (Å²) in [7, 11) is 0. The van der Waals surface area contributed by atoms with Crippen LogP contribution in [0, 0.1) is 5.92 Å². The molecule has 0 radical (unpaired) electrons. The van der Waals surface area contributed by atoms with Crippen LogP contribution in [0.2, 0.25) is 0 Å². The molecule has 3 aliphatic rings. The van der Waals surface area contributed by atoms with Crippen LogP contribution >= 0.6 is 0 Å². The Labute approximate surface area is 154 Å². The Morgan fingerprint density at radius 3 is 2.23 bits per heavy atom. The van der Waals surface area contributed by atoms with E-state index in [1.54, 1.807) is 0 Å². The van der Waals surface area contributed by atoms with Crippen molar-refractivity contribution >= 4 is 11.6 Å². The quantitative estimate of drug-likeness (QED) is 0.914. The normalized spacial score (nSPS) is 19.5. The molecular formula is C20H26N6. The van der Waals surface area contributed by atoms with Gasteiger partial charge in [-0.15, -0.1) is 10.2 Å². The van der Waals surface area contributed by atoms with Crippen molar-refractivity contribution in [1.82, 2.24) is 20.4 Å². The SMILES string of the molecule is c1c(NCC2CN(c3cc4c(nn3)CCCC4)C2)nnc2c1CCCC2. The Bertz CT molecular complexity index is 796. The first-order valence-electron chi connectivity index (χ1n) is 10.0. The fourth-order valence-corrected chi connectivity index (χ4v) is 4.35. The molecule has 2 aromatic rings. The van der Waals surface area contributed by atoms with E-state index in [1.807, 2.05) is 0 Å². The first kappa shape index (κ1) is 16.0. The maximum absolute atomic E-state index is 4.46. The molecule has 136 valence electrons. The first-order chi connectivity index (χ1) is 12.8. The monoisotopic (exact) mass is 350 g/mol. The summed E-state index contributed by atoms with van der Waals surface area (Å²) in [6, 6.07) is 4.47. The molecule has 6 nitrogen and oxygen atoms in total. The van der Waals surface area contributed by atoms with E-state index < -0.39 is 0 Å². The Morgan fingerprint density at radius 2 is 1.46 bits per heavy atom. The molecule has 1 aliphatic heterocycles. The third-order valence-electron chi connectivity index (χ3n) is 5.98. The summed E-state index contributed by atoms with van der Waals surface area (Å²) in [6.07, 6.45) is 9.55. The number of nitrogens with one attached hydrogen (secondary N) is 1. The molecule has 26 heavy (non-hydrogen) atoms. The van der Waals surface area contributed by atoms with Crippen LogP contribution in [0.15, 0.2) is 12.1 Å². The van der Waals surface area contributed by atoms with Crippen LogP contribution in [0.4, 0.5) is 11.6 Å². The highest BCUT2D eigenvalue weighted by atomic mass is 15.3. The maximum atomic E-state index is 4.46. The largest absolute Gasteiger partial charge is 0.368 e. The molecule has 2 aliphatic carbocycles. The van der Waals surface area contributed by atoms with Gasteiger partial charge in [0.2, 0.25) is 0 Å². The number of hydrogen-bond acceptors (Lipinski definition) is 6. The minimum absolute atomic E-state index is 0.630. The van der Waals surface area contributed by atoms with Gasteiger partial charge in [0.15, 0.2) is 5.82 Å². The number of anilines is 2. The minimum Gasteiger partial charge on any atom is -0.368 e. The minimum atomic E-state index is 0.630. The van der Waals surface area contributed by atoms with Crippen LogP contribution < -0.4 is 10.2 Å². The zero-order valence-corrected chi connectivity index (χ0v) is 15.2. The maximum Gasteiger partial charge on any atom is 0.151 e. The van der Waals surface area contributed by atoms with Gasteiger partial charge in [0, 0.05) is 25.6 Å². The molecule has 1 saturated heterocycles. The average Bonchev–Trinajstić information content (AvgIpc) is 2.66. The lowest BCUT2D eigenvalue weighted by atomic mass is 9.95. The Morgan fingerprint density at radius 1 is 0.808 bits per heavy atom. The van der Waals surface area contributed by atoms with Gasteiger partial charge in [-0.3, -0.25) is 0 Å². The molecule has 0 saturated carbocycles. The second-order valence-corrected chi connectivity index (χ2v) is 7.94. The molecule has 0 unspecified atom stereocenters. The molecule has 5 rings (SSSR count). The topological polar surface area (TPSA) is 66.8 Å². The van der Waals surface area contributed by atoms with Crippen LogP contribution in [-0.4, -0.2) is 40.0 Å². The van der Waals surface area contributed by atoms with Crippen LogP contribution in [-0.2, 0) is 25.7 Å². The Balaban J connectivity index is 1.15. The predicted molar refractivity (Wildman–Crippen MR) is 102 cm³/mol. The Kier molecular flexibility index (Phi) is 4.19. The van der Waals surface area contributed by atoms with Crippen LogP contribution in [0.5, 0.6) is 0 Å². The standard InChI is InChI=1S/C20H26N6/c1-3-7-17-15(5-1)9-19(24-22-17)21-11-14-12-26(13-14)20-10-16-6-2-4-8-18(16)23-25-20/h9-10,14H,1-8,11-13H2,(H,21,24). The van der Waals surface area contributed by atoms with E-state index in [0.29, 0.717) is 5.92 Å². The molecule has 0 atom stereocenters. The summed E-state index contributed by atoms with van der Waals surface area (Å²) in [6.45, 7) is 3.03.